The van der Waals surface area contributed by atoms with E-state index in [0.717, 1.165) is 0 Å². The maximum atomic E-state index is 3.54. The van der Waals surface area contributed by atoms with E-state index in [0.29, 0.717) is 5.92 Å². The van der Waals surface area contributed by atoms with E-state index in [4.69, 9.17) is 0 Å². The molecule has 0 saturated carbocycles. The molecule has 1 aromatic heterocycles. The standard InChI is InChI=1S/C16H17N/c1-16(2)10-6-5-8-13(16)15-11-12-7-3-4-9-14(12)17-15/h3-11,13,17H,1-2H3. The number of aromatic nitrogens is 1. The molecule has 1 heterocycles. The van der Waals surface area contributed by atoms with E-state index in [1.165, 1.54) is 16.6 Å². The van der Waals surface area contributed by atoms with E-state index in [-0.39, 0.29) is 5.41 Å². The van der Waals surface area contributed by atoms with Crippen molar-refractivity contribution in [1.29, 1.82) is 0 Å². The predicted molar refractivity (Wildman–Crippen MR) is 73.1 cm³/mol. The van der Waals surface area contributed by atoms with Gasteiger partial charge in [-0.25, -0.2) is 0 Å². The first-order valence-corrected chi connectivity index (χ1v) is 6.10. The molecule has 2 aromatic rings. The van der Waals surface area contributed by atoms with Gasteiger partial charge in [-0.2, -0.15) is 0 Å². The van der Waals surface area contributed by atoms with Gasteiger partial charge in [-0.05, 0) is 22.9 Å². The minimum Gasteiger partial charge on any atom is -0.358 e. The number of nitrogens with one attached hydrogen (secondary N) is 1. The van der Waals surface area contributed by atoms with Crippen LogP contribution in [0.1, 0.15) is 25.5 Å². The number of para-hydroxylation sites is 1. The van der Waals surface area contributed by atoms with Crippen LogP contribution in [0, 0.1) is 5.41 Å². The average Bonchev–Trinajstić information content (AvgIpc) is 2.71. The third kappa shape index (κ3) is 1.72. The van der Waals surface area contributed by atoms with Crippen molar-refractivity contribution in [1.82, 2.24) is 4.98 Å². The maximum Gasteiger partial charge on any atom is 0.0456 e. The summed E-state index contributed by atoms with van der Waals surface area (Å²) in [5.41, 5.74) is 2.70. The van der Waals surface area contributed by atoms with Crippen molar-refractivity contribution in [3.63, 3.8) is 0 Å². The van der Waals surface area contributed by atoms with Crippen molar-refractivity contribution in [3.05, 3.63) is 60.3 Å². The molecule has 1 nitrogen and oxygen atoms in total. The fourth-order valence-electron chi connectivity index (χ4n) is 2.60. The van der Waals surface area contributed by atoms with Gasteiger partial charge in [-0.1, -0.05) is 56.4 Å². The van der Waals surface area contributed by atoms with Crippen LogP contribution >= 0.6 is 0 Å². The Morgan fingerprint density at radius 3 is 2.71 bits per heavy atom. The number of benzene rings is 1. The average molecular weight is 223 g/mol. The van der Waals surface area contributed by atoms with Gasteiger partial charge in [0.15, 0.2) is 0 Å². The first kappa shape index (κ1) is 10.4. The summed E-state index contributed by atoms with van der Waals surface area (Å²) in [7, 11) is 0. The van der Waals surface area contributed by atoms with Gasteiger partial charge in [0.25, 0.3) is 0 Å². The molecule has 1 aliphatic carbocycles. The monoisotopic (exact) mass is 223 g/mol. The lowest BCUT2D eigenvalue weighted by molar-refractivity contribution is 0.417. The molecule has 0 spiro atoms. The molecule has 0 fully saturated rings. The van der Waals surface area contributed by atoms with Crippen LogP contribution in [0.2, 0.25) is 0 Å². The number of rotatable bonds is 1. The van der Waals surface area contributed by atoms with Crippen molar-refractivity contribution in [2.24, 2.45) is 5.41 Å². The van der Waals surface area contributed by atoms with E-state index in [2.05, 4.69) is 73.5 Å². The highest BCUT2D eigenvalue weighted by atomic mass is 14.7. The SMILES string of the molecule is CC1(C)C=CC=CC1c1cc2ccccc2[nH]1. The highest BCUT2D eigenvalue weighted by Crippen LogP contribution is 2.40. The smallest absolute Gasteiger partial charge is 0.0456 e. The third-order valence-electron chi connectivity index (χ3n) is 3.63. The largest absolute Gasteiger partial charge is 0.358 e. The van der Waals surface area contributed by atoms with E-state index in [9.17, 15) is 0 Å². The molecular weight excluding hydrogens is 206 g/mol. The zero-order chi connectivity index (χ0) is 11.9. The molecule has 86 valence electrons. The summed E-state index contributed by atoms with van der Waals surface area (Å²) in [5, 5.41) is 1.29. The second-order valence-electron chi connectivity index (χ2n) is 5.35. The summed E-state index contributed by atoms with van der Waals surface area (Å²) in [6.07, 6.45) is 8.84. The minimum absolute atomic E-state index is 0.176. The lowest BCUT2D eigenvalue weighted by Gasteiger charge is -2.30. The number of hydrogen-bond donors (Lipinski definition) is 1. The number of aromatic amines is 1. The Hall–Kier alpha value is -1.76. The van der Waals surface area contributed by atoms with E-state index >= 15 is 0 Å². The van der Waals surface area contributed by atoms with Gasteiger partial charge < -0.3 is 4.98 Å². The van der Waals surface area contributed by atoms with Crippen LogP contribution in [0.5, 0.6) is 0 Å². The maximum absolute atomic E-state index is 3.54. The van der Waals surface area contributed by atoms with Gasteiger partial charge in [0, 0.05) is 17.1 Å². The Morgan fingerprint density at radius 2 is 1.94 bits per heavy atom. The molecule has 1 N–H and O–H groups in total. The molecule has 0 aliphatic heterocycles. The Bertz CT molecular complexity index is 566. The minimum atomic E-state index is 0.176. The molecule has 1 aromatic carbocycles. The Balaban J connectivity index is 2.09. The lowest BCUT2D eigenvalue weighted by Crippen LogP contribution is -2.20. The molecule has 3 rings (SSSR count). The van der Waals surface area contributed by atoms with E-state index in [1.54, 1.807) is 0 Å². The van der Waals surface area contributed by atoms with Crippen molar-refractivity contribution in [3.8, 4) is 0 Å². The normalized spacial score (nSPS) is 22.1. The first-order chi connectivity index (χ1) is 8.17. The Kier molecular flexibility index (Phi) is 2.22. The molecule has 1 aliphatic rings. The molecule has 0 saturated heterocycles. The van der Waals surface area contributed by atoms with Gasteiger partial charge in [0.2, 0.25) is 0 Å². The van der Waals surface area contributed by atoms with Crippen LogP contribution in [0.3, 0.4) is 0 Å². The van der Waals surface area contributed by atoms with Gasteiger partial charge in [-0.15, -0.1) is 0 Å². The molecule has 1 atom stereocenters. The predicted octanol–water partition coefficient (Wildman–Crippen LogP) is 4.40. The fourth-order valence-corrected chi connectivity index (χ4v) is 2.60. The van der Waals surface area contributed by atoms with Crippen molar-refractivity contribution < 1.29 is 0 Å². The zero-order valence-electron chi connectivity index (χ0n) is 10.3. The van der Waals surface area contributed by atoms with Gasteiger partial charge in [0.05, 0.1) is 0 Å². The van der Waals surface area contributed by atoms with Crippen molar-refractivity contribution in [2.45, 2.75) is 19.8 Å². The second-order valence-corrected chi connectivity index (χ2v) is 5.35. The molecule has 0 amide bonds. The summed E-state index contributed by atoms with van der Waals surface area (Å²) in [5.74, 6) is 0.430. The number of H-pyrrole nitrogens is 1. The quantitative estimate of drug-likeness (QED) is 0.737. The van der Waals surface area contributed by atoms with Crippen LogP contribution in [-0.2, 0) is 0 Å². The summed E-state index contributed by atoms with van der Waals surface area (Å²) in [4.78, 5) is 3.54. The topological polar surface area (TPSA) is 15.8 Å². The molecule has 1 unspecified atom stereocenters. The van der Waals surface area contributed by atoms with E-state index in [1.807, 2.05) is 0 Å². The lowest BCUT2D eigenvalue weighted by atomic mass is 9.74. The van der Waals surface area contributed by atoms with Crippen LogP contribution < -0.4 is 0 Å². The highest BCUT2D eigenvalue weighted by Gasteiger charge is 2.28. The van der Waals surface area contributed by atoms with Gasteiger partial charge in [0.1, 0.15) is 0 Å². The summed E-state index contributed by atoms with van der Waals surface area (Å²) in [6, 6.07) is 10.7. The van der Waals surface area contributed by atoms with Crippen LogP contribution in [0.15, 0.2) is 54.6 Å². The van der Waals surface area contributed by atoms with Crippen LogP contribution in [-0.4, -0.2) is 4.98 Å². The zero-order valence-corrected chi connectivity index (χ0v) is 10.3. The molecule has 0 radical (unpaired) electrons. The first-order valence-electron chi connectivity index (χ1n) is 6.10. The summed E-state index contributed by atoms with van der Waals surface area (Å²) >= 11 is 0. The molecular formula is C16H17N. The van der Waals surface area contributed by atoms with Gasteiger partial charge >= 0.3 is 0 Å². The van der Waals surface area contributed by atoms with Gasteiger partial charge in [-0.3, -0.25) is 0 Å². The Morgan fingerprint density at radius 1 is 1.12 bits per heavy atom. The number of hydrogen-bond acceptors (Lipinski definition) is 0. The van der Waals surface area contributed by atoms with Crippen LogP contribution in [0.25, 0.3) is 10.9 Å². The molecule has 17 heavy (non-hydrogen) atoms. The second kappa shape index (κ2) is 3.63. The van der Waals surface area contributed by atoms with E-state index < -0.39 is 0 Å². The van der Waals surface area contributed by atoms with Crippen LogP contribution in [0.4, 0.5) is 0 Å². The number of fused-ring (bicyclic) bond motifs is 1. The van der Waals surface area contributed by atoms with Crippen molar-refractivity contribution in [2.75, 3.05) is 0 Å². The highest BCUT2D eigenvalue weighted by molar-refractivity contribution is 5.80. The molecule has 0 bridgehead atoms. The fraction of sp³-hybridized carbons (Fsp3) is 0.250. The number of allylic oxidation sites excluding steroid dienone is 4. The summed E-state index contributed by atoms with van der Waals surface area (Å²) < 4.78 is 0. The third-order valence-corrected chi connectivity index (χ3v) is 3.63. The Labute approximate surface area is 102 Å². The summed E-state index contributed by atoms with van der Waals surface area (Å²) in [6.45, 7) is 4.56. The van der Waals surface area contributed by atoms with Crippen molar-refractivity contribution >= 4 is 10.9 Å². The molecule has 1 heteroatoms.